The molecule has 0 atom stereocenters. The monoisotopic (exact) mass is 330 g/mol. The highest BCUT2D eigenvalue weighted by molar-refractivity contribution is 6.02. The SMILES string of the molecule is Cc1ccnc(Nc2ccc(NC(=O)/C=C/c3ccccc3)cc2)n1. The second-order valence-electron chi connectivity index (χ2n) is 5.46. The van der Waals surface area contributed by atoms with Gasteiger partial charge in [-0.3, -0.25) is 4.79 Å². The predicted octanol–water partition coefficient (Wildman–Crippen LogP) is 4.18. The minimum Gasteiger partial charge on any atom is -0.324 e. The van der Waals surface area contributed by atoms with Gasteiger partial charge in [0.05, 0.1) is 0 Å². The third kappa shape index (κ3) is 5.00. The number of aromatic nitrogens is 2. The maximum Gasteiger partial charge on any atom is 0.248 e. The van der Waals surface area contributed by atoms with Crippen molar-refractivity contribution in [2.75, 3.05) is 10.6 Å². The molecule has 3 aromatic rings. The number of carbonyl (C=O) groups is 1. The van der Waals surface area contributed by atoms with E-state index in [0.29, 0.717) is 5.95 Å². The third-order valence-corrected chi connectivity index (χ3v) is 3.43. The molecule has 1 heterocycles. The van der Waals surface area contributed by atoms with E-state index < -0.39 is 0 Å². The number of nitrogens with one attached hydrogen (secondary N) is 2. The maximum absolute atomic E-state index is 12.0. The molecule has 124 valence electrons. The highest BCUT2D eigenvalue weighted by atomic mass is 16.1. The highest BCUT2D eigenvalue weighted by Crippen LogP contribution is 2.16. The van der Waals surface area contributed by atoms with Crippen molar-refractivity contribution in [2.45, 2.75) is 6.92 Å². The standard InChI is InChI=1S/C20H18N4O/c1-15-13-14-21-20(22-15)24-18-10-8-17(9-11-18)23-19(25)12-7-16-5-3-2-4-6-16/h2-14H,1H3,(H,23,25)(H,21,22,24)/b12-7+. The summed E-state index contributed by atoms with van der Waals surface area (Å²) in [6, 6.07) is 18.9. The molecular formula is C20H18N4O. The van der Waals surface area contributed by atoms with E-state index in [2.05, 4.69) is 20.6 Å². The van der Waals surface area contributed by atoms with Crippen molar-refractivity contribution >= 4 is 29.3 Å². The zero-order valence-corrected chi connectivity index (χ0v) is 13.8. The van der Waals surface area contributed by atoms with Crippen LogP contribution in [0.4, 0.5) is 17.3 Å². The van der Waals surface area contributed by atoms with Crippen LogP contribution in [0.1, 0.15) is 11.3 Å². The predicted molar refractivity (Wildman–Crippen MR) is 101 cm³/mol. The van der Waals surface area contributed by atoms with Crippen molar-refractivity contribution in [2.24, 2.45) is 0 Å². The maximum atomic E-state index is 12.0. The average molecular weight is 330 g/mol. The largest absolute Gasteiger partial charge is 0.324 e. The fourth-order valence-electron chi connectivity index (χ4n) is 2.20. The van der Waals surface area contributed by atoms with Crippen LogP contribution in [0.3, 0.4) is 0 Å². The summed E-state index contributed by atoms with van der Waals surface area (Å²) in [5.74, 6) is 0.370. The van der Waals surface area contributed by atoms with Crippen LogP contribution in [0.25, 0.3) is 6.08 Å². The molecule has 5 heteroatoms. The number of aryl methyl sites for hydroxylation is 1. The van der Waals surface area contributed by atoms with Crippen LogP contribution >= 0.6 is 0 Å². The molecule has 0 saturated heterocycles. The summed E-state index contributed by atoms with van der Waals surface area (Å²) in [7, 11) is 0. The van der Waals surface area contributed by atoms with E-state index in [1.807, 2.05) is 67.6 Å². The zero-order chi connectivity index (χ0) is 17.5. The first-order valence-electron chi connectivity index (χ1n) is 7.90. The molecular weight excluding hydrogens is 312 g/mol. The molecule has 0 spiro atoms. The fourth-order valence-corrected chi connectivity index (χ4v) is 2.20. The van der Waals surface area contributed by atoms with Gasteiger partial charge in [0.25, 0.3) is 0 Å². The summed E-state index contributed by atoms with van der Waals surface area (Å²) >= 11 is 0. The lowest BCUT2D eigenvalue weighted by molar-refractivity contribution is -0.111. The first-order chi connectivity index (χ1) is 12.2. The molecule has 2 aromatic carbocycles. The zero-order valence-electron chi connectivity index (χ0n) is 13.8. The van der Waals surface area contributed by atoms with E-state index in [0.717, 1.165) is 22.6 Å². The van der Waals surface area contributed by atoms with E-state index in [1.165, 1.54) is 6.08 Å². The highest BCUT2D eigenvalue weighted by Gasteiger charge is 2.00. The summed E-state index contributed by atoms with van der Waals surface area (Å²) in [6.07, 6.45) is 5.00. The van der Waals surface area contributed by atoms with Gasteiger partial charge in [0.2, 0.25) is 11.9 Å². The summed E-state index contributed by atoms with van der Waals surface area (Å²) in [5, 5.41) is 5.95. The van der Waals surface area contributed by atoms with Gasteiger partial charge in [-0.15, -0.1) is 0 Å². The second kappa shape index (κ2) is 7.88. The molecule has 0 radical (unpaired) electrons. The van der Waals surface area contributed by atoms with E-state index in [4.69, 9.17) is 0 Å². The lowest BCUT2D eigenvalue weighted by Crippen LogP contribution is -2.07. The molecule has 0 unspecified atom stereocenters. The van der Waals surface area contributed by atoms with Crippen LogP contribution in [-0.2, 0) is 4.79 Å². The Morgan fingerprint density at radius 2 is 1.68 bits per heavy atom. The van der Waals surface area contributed by atoms with Gasteiger partial charge in [-0.1, -0.05) is 30.3 Å². The fraction of sp³-hybridized carbons (Fsp3) is 0.0500. The first kappa shape index (κ1) is 16.4. The van der Waals surface area contributed by atoms with Crippen LogP contribution in [-0.4, -0.2) is 15.9 Å². The summed E-state index contributed by atoms with van der Waals surface area (Å²) in [6.45, 7) is 1.91. The van der Waals surface area contributed by atoms with Gasteiger partial charge >= 0.3 is 0 Å². The molecule has 25 heavy (non-hydrogen) atoms. The van der Waals surface area contributed by atoms with Gasteiger partial charge < -0.3 is 10.6 Å². The molecule has 1 amide bonds. The third-order valence-electron chi connectivity index (χ3n) is 3.43. The molecule has 5 nitrogen and oxygen atoms in total. The minimum absolute atomic E-state index is 0.174. The molecule has 0 aliphatic carbocycles. The number of nitrogens with zero attached hydrogens (tertiary/aromatic N) is 2. The molecule has 1 aromatic heterocycles. The number of hydrogen-bond acceptors (Lipinski definition) is 4. The Labute approximate surface area is 146 Å². The van der Waals surface area contributed by atoms with Gasteiger partial charge in [0, 0.05) is 29.3 Å². The lowest BCUT2D eigenvalue weighted by atomic mass is 10.2. The van der Waals surface area contributed by atoms with E-state index >= 15 is 0 Å². The van der Waals surface area contributed by atoms with Gasteiger partial charge in [0.1, 0.15) is 0 Å². The van der Waals surface area contributed by atoms with Crippen LogP contribution in [0.2, 0.25) is 0 Å². The van der Waals surface area contributed by atoms with E-state index in [-0.39, 0.29) is 5.91 Å². The molecule has 0 fully saturated rings. The Balaban J connectivity index is 1.59. The first-order valence-corrected chi connectivity index (χ1v) is 7.90. The van der Waals surface area contributed by atoms with Gasteiger partial charge in [0.15, 0.2) is 0 Å². The number of carbonyl (C=O) groups excluding carboxylic acids is 1. The summed E-state index contributed by atoms with van der Waals surface area (Å²) < 4.78 is 0. The van der Waals surface area contributed by atoms with Crippen LogP contribution in [0.5, 0.6) is 0 Å². The average Bonchev–Trinajstić information content (AvgIpc) is 2.63. The molecule has 0 bridgehead atoms. The van der Waals surface area contributed by atoms with Crippen LogP contribution < -0.4 is 10.6 Å². The molecule has 2 N–H and O–H groups in total. The summed E-state index contributed by atoms with van der Waals surface area (Å²) in [5.41, 5.74) is 3.45. The van der Waals surface area contributed by atoms with Gasteiger partial charge in [-0.2, -0.15) is 0 Å². The number of amides is 1. The van der Waals surface area contributed by atoms with Crippen molar-refractivity contribution in [3.8, 4) is 0 Å². The van der Waals surface area contributed by atoms with Gasteiger partial charge in [-0.05, 0) is 48.9 Å². The van der Waals surface area contributed by atoms with Crippen molar-refractivity contribution in [3.05, 3.63) is 84.2 Å². The van der Waals surface area contributed by atoms with Crippen molar-refractivity contribution in [1.29, 1.82) is 0 Å². The Morgan fingerprint density at radius 1 is 0.960 bits per heavy atom. The number of rotatable bonds is 5. The normalized spacial score (nSPS) is 10.6. The van der Waals surface area contributed by atoms with E-state index in [9.17, 15) is 4.79 Å². The van der Waals surface area contributed by atoms with Crippen LogP contribution in [0.15, 0.2) is 72.9 Å². The number of benzene rings is 2. The van der Waals surface area contributed by atoms with Crippen LogP contribution in [0, 0.1) is 6.92 Å². The van der Waals surface area contributed by atoms with Crippen molar-refractivity contribution in [3.63, 3.8) is 0 Å². The Hall–Kier alpha value is -3.47. The minimum atomic E-state index is -0.174. The Kier molecular flexibility index (Phi) is 5.16. The summed E-state index contributed by atoms with van der Waals surface area (Å²) in [4.78, 5) is 20.4. The van der Waals surface area contributed by atoms with Gasteiger partial charge in [-0.25, -0.2) is 9.97 Å². The quantitative estimate of drug-likeness (QED) is 0.689. The van der Waals surface area contributed by atoms with Crippen molar-refractivity contribution < 1.29 is 4.79 Å². The second-order valence-corrected chi connectivity index (χ2v) is 5.46. The Morgan fingerprint density at radius 3 is 2.40 bits per heavy atom. The number of anilines is 3. The molecule has 0 saturated carbocycles. The van der Waals surface area contributed by atoms with E-state index in [1.54, 1.807) is 12.3 Å². The topological polar surface area (TPSA) is 66.9 Å². The molecule has 0 aliphatic rings. The smallest absolute Gasteiger partial charge is 0.248 e. The number of hydrogen-bond donors (Lipinski definition) is 2. The molecule has 3 rings (SSSR count). The molecule has 0 aliphatic heterocycles. The lowest BCUT2D eigenvalue weighted by Gasteiger charge is -2.07. The Bertz CT molecular complexity index is 874. The van der Waals surface area contributed by atoms with Crippen molar-refractivity contribution in [1.82, 2.24) is 9.97 Å².